The molecular formula is C22H24N4O3S. The van der Waals surface area contributed by atoms with Crippen molar-refractivity contribution >= 4 is 38.8 Å². The van der Waals surface area contributed by atoms with Gasteiger partial charge in [0, 0.05) is 50.4 Å². The molecule has 0 atom stereocenters. The summed E-state index contributed by atoms with van der Waals surface area (Å²) in [5.41, 5.74) is 2.11. The molecule has 1 aliphatic heterocycles. The Hall–Kier alpha value is -3.00. The van der Waals surface area contributed by atoms with Gasteiger partial charge in [-0.1, -0.05) is 12.1 Å². The zero-order valence-corrected chi connectivity index (χ0v) is 17.5. The third-order valence-corrected chi connectivity index (χ3v) is 6.52. The standard InChI is InChI=1S/C22H24N4O3S/c27-22(8-4-3-7-21-23-19-5-1-2-6-20(19)30-21)25-15-13-24(14-16-25)17-9-11-18(12-10-17)26(28)29/h1-2,5-6,9-12H,3-4,7-8,13-16H2. The summed E-state index contributed by atoms with van der Waals surface area (Å²) >= 11 is 1.74. The minimum Gasteiger partial charge on any atom is -0.368 e. The van der Waals surface area contributed by atoms with E-state index in [4.69, 9.17) is 0 Å². The van der Waals surface area contributed by atoms with Crippen molar-refractivity contribution in [2.24, 2.45) is 0 Å². The normalized spacial score (nSPS) is 14.3. The maximum absolute atomic E-state index is 12.5. The van der Waals surface area contributed by atoms with Crippen LogP contribution in [0.25, 0.3) is 10.2 Å². The number of piperazine rings is 1. The maximum Gasteiger partial charge on any atom is 0.269 e. The monoisotopic (exact) mass is 424 g/mol. The molecule has 0 bridgehead atoms. The van der Waals surface area contributed by atoms with E-state index in [0.717, 1.165) is 48.6 Å². The number of rotatable bonds is 7. The van der Waals surface area contributed by atoms with Crippen LogP contribution in [-0.4, -0.2) is 46.9 Å². The number of anilines is 1. The largest absolute Gasteiger partial charge is 0.368 e. The summed E-state index contributed by atoms with van der Waals surface area (Å²) < 4.78 is 1.22. The van der Waals surface area contributed by atoms with Gasteiger partial charge in [-0.3, -0.25) is 14.9 Å². The van der Waals surface area contributed by atoms with E-state index in [1.807, 2.05) is 23.1 Å². The number of amides is 1. The average Bonchev–Trinajstić information content (AvgIpc) is 3.19. The number of hydrogen-bond acceptors (Lipinski definition) is 6. The second-order valence-electron chi connectivity index (χ2n) is 7.42. The molecule has 1 saturated heterocycles. The Kier molecular flexibility index (Phi) is 6.23. The molecule has 2 heterocycles. The summed E-state index contributed by atoms with van der Waals surface area (Å²) in [6.07, 6.45) is 3.33. The molecule has 1 amide bonds. The van der Waals surface area contributed by atoms with Gasteiger partial charge in [0.25, 0.3) is 5.69 Å². The van der Waals surface area contributed by atoms with Gasteiger partial charge < -0.3 is 9.80 Å². The van der Waals surface area contributed by atoms with Gasteiger partial charge in [0.05, 0.1) is 20.1 Å². The van der Waals surface area contributed by atoms with Crippen LogP contribution in [-0.2, 0) is 11.2 Å². The van der Waals surface area contributed by atoms with Crippen LogP contribution >= 0.6 is 11.3 Å². The Labute approximate surface area is 179 Å². The van der Waals surface area contributed by atoms with Gasteiger partial charge in [0.15, 0.2) is 0 Å². The number of unbranched alkanes of at least 4 members (excludes halogenated alkanes) is 1. The highest BCUT2D eigenvalue weighted by atomic mass is 32.1. The molecule has 8 heteroatoms. The van der Waals surface area contributed by atoms with Gasteiger partial charge >= 0.3 is 0 Å². The van der Waals surface area contributed by atoms with Crippen LogP contribution in [0, 0.1) is 10.1 Å². The maximum atomic E-state index is 12.5. The molecule has 1 fully saturated rings. The number of nitro groups is 1. The van der Waals surface area contributed by atoms with E-state index in [1.165, 1.54) is 16.8 Å². The topological polar surface area (TPSA) is 79.6 Å². The molecule has 0 N–H and O–H groups in total. The summed E-state index contributed by atoms with van der Waals surface area (Å²) in [5.74, 6) is 0.211. The second-order valence-corrected chi connectivity index (χ2v) is 8.54. The van der Waals surface area contributed by atoms with Gasteiger partial charge in [-0.15, -0.1) is 11.3 Å². The number of nitro benzene ring substituents is 1. The summed E-state index contributed by atoms with van der Waals surface area (Å²) in [6.45, 7) is 2.87. The van der Waals surface area contributed by atoms with Gasteiger partial charge in [0.1, 0.15) is 0 Å². The number of hydrogen-bond donors (Lipinski definition) is 0. The second kappa shape index (κ2) is 9.21. The Bertz CT molecular complexity index is 993. The van der Waals surface area contributed by atoms with Crippen LogP contribution < -0.4 is 4.90 Å². The SMILES string of the molecule is O=C(CCCCc1nc2ccccc2s1)N1CCN(c2ccc([N+](=O)[O-])cc2)CC1. The summed E-state index contributed by atoms with van der Waals surface area (Å²) in [5, 5.41) is 11.9. The molecule has 0 unspecified atom stereocenters. The number of para-hydroxylation sites is 1. The van der Waals surface area contributed by atoms with Crippen LogP contribution in [0.4, 0.5) is 11.4 Å². The van der Waals surface area contributed by atoms with Crippen LogP contribution in [0.2, 0.25) is 0 Å². The first-order chi connectivity index (χ1) is 14.6. The highest BCUT2D eigenvalue weighted by Gasteiger charge is 2.21. The predicted octanol–water partition coefficient (Wildman–Crippen LogP) is 4.27. The number of non-ortho nitro benzene ring substituents is 1. The molecule has 0 spiro atoms. The van der Waals surface area contributed by atoms with Gasteiger partial charge in [-0.25, -0.2) is 4.98 Å². The molecule has 2 aromatic carbocycles. The van der Waals surface area contributed by atoms with Crippen molar-refractivity contribution in [1.29, 1.82) is 0 Å². The summed E-state index contributed by atoms with van der Waals surface area (Å²) in [7, 11) is 0. The van der Waals surface area contributed by atoms with Crippen LogP contribution in [0.3, 0.4) is 0 Å². The van der Waals surface area contributed by atoms with E-state index in [0.29, 0.717) is 19.5 Å². The van der Waals surface area contributed by atoms with Gasteiger partial charge in [-0.05, 0) is 43.5 Å². The van der Waals surface area contributed by atoms with Crippen LogP contribution in [0.1, 0.15) is 24.3 Å². The molecule has 156 valence electrons. The third kappa shape index (κ3) is 4.76. The number of carbonyl (C=O) groups excluding carboxylic acids is 1. The van der Waals surface area contributed by atoms with Crippen molar-refractivity contribution in [1.82, 2.24) is 9.88 Å². The minimum atomic E-state index is -0.392. The Morgan fingerprint density at radius 3 is 2.47 bits per heavy atom. The van der Waals surface area contributed by atoms with Crippen molar-refractivity contribution in [2.45, 2.75) is 25.7 Å². The molecule has 4 rings (SSSR count). The average molecular weight is 425 g/mol. The van der Waals surface area contributed by atoms with Crippen molar-refractivity contribution in [3.05, 3.63) is 63.7 Å². The minimum absolute atomic E-state index is 0.0958. The molecule has 3 aromatic rings. The fourth-order valence-electron chi connectivity index (χ4n) is 3.74. The van der Waals surface area contributed by atoms with Crippen LogP contribution in [0.15, 0.2) is 48.5 Å². The zero-order valence-electron chi connectivity index (χ0n) is 16.7. The smallest absolute Gasteiger partial charge is 0.269 e. The predicted molar refractivity (Wildman–Crippen MR) is 119 cm³/mol. The first kappa shape index (κ1) is 20.3. The number of carbonyl (C=O) groups is 1. The first-order valence-electron chi connectivity index (χ1n) is 10.2. The molecule has 0 radical (unpaired) electrons. The van der Waals surface area contributed by atoms with E-state index in [-0.39, 0.29) is 11.6 Å². The number of aryl methyl sites for hydroxylation is 1. The molecule has 0 aliphatic carbocycles. The molecule has 30 heavy (non-hydrogen) atoms. The summed E-state index contributed by atoms with van der Waals surface area (Å²) in [4.78, 5) is 31.7. The Morgan fingerprint density at radius 1 is 1.03 bits per heavy atom. The van der Waals surface area contributed by atoms with Crippen molar-refractivity contribution in [3.63, 3.8) is 0 Å². The van der Waals surface area contributed by atoms with E-state index >= 15 is 0 Å². The lowest BCUT2D eigenvalue weighted by Crippen LogP contribution is -2.48. The molecule has 1 aromatic heterocycles. The molecule has 1 aliphatic rings. The van der Waals surface area contributed by atoms with Gasteiger partial charge in [-0.2, -0.15) is 0 Å². The number of aromatic nitrogens is 1. The molecule has 7 nitrogen and oxygen atoms in total. The fourth-order valence-corrected chi connectivity index (χ4v) is 4.75. The molecular weight excluding hydrogens is 400 g/mol. The fraction of sp³-hybridized carbons (Fsp3) is 0.364. The number of nitrogens with zero attached hydrogens (tertiary/aromatic N) is 4. The van der Waals surface area contributed by atoms with Crippen molar-refractivity contribution in [2.75, 3.05) is 31.1 Å². The number of benzene rings is 2. The first-order valence-corrected chi connectivity index (χ1v) is 11.0. The quantitative estimate of drug-likeness (QED) is 0.322. The summed E-state index contributed by atoms with van der Waals surface area (Å²) in [6, 6.07) is 14.8. The molecule has 0 saturated carbocycles. The van der Waals surface area contributed by atoms with Crippen molar-refractivity contribution in [3.8, 4) is 0 Å². The lowest BCUT2D eigenvalue weighted by molar-refractivity contribution is -0.384. The zero-order chi connectivity index (χ0) is 20.9. The van der Waals surface area contributed by atoms with E-state index in [1.54, 1.807) is 23.5 Å². The van der Waals surface area contributed by atoms with E-state index in [2.05, 4.69) is 16.0 Å². The van der Waals surface area contributed by atoms with E-state index in [9.17, 15) is 14.9 Å². The lowest BCUT2D eigenvalue weighted by atomic mass is 10.1. The van der Waals surface area contributed by atoms with Crippen LogP contribution in [0.5, 0.6) is 0 Å². The number of fused-ring (bicyclic) bond motifs is 1. The lowest BCUT2D eigenvalue weighted by Gasteiger charge is -2.36. The highest BCUT2D eigenvalue weighted by Crippen LogP contribution is 2.23. The highest BCUT2D eigenvalue weighted by molar-refractivity contribution is 7.18. The third-order valence-electron chi connectivity index (χ3n) is 5.43. The Morgan fingerprint density at radius 2 is 1.77 bits per heavy atom. The Balaban J connectivity index is 1.19. The van der Waals surface area contributed by atoms with Crippen molar-refractivity contribution < 1.29 is 9.72 Å². The van der Waals surface area contributed by atoms with E-state index < -0.39 is 4.92 Å². The number of thiazole rings is 1. The van der Waals surface area contributed by atoms with Gasteiger partial charge in [0.2, 0.25) is 5.91 Å².